The highest BCUT2D eigenvalue weighted by molar-refractivity contribution is 5.97. The second-order valence-electron chi connectivity index (χ2n) is 6.02. The number of amides is 2. The number of hydrogen-bond donors (Lipinski definition) is 3. The first-order valence-corrected chi connectivity index (χ1v) is 8.31. The van der Waals surface area contributed by atoms with Gasteiger partial charge >= 0.3 is 5.97 Å². The summed E-state index contributed by atoms with van der Waals surface area (Å²) in [5, 5.41) is 14.2. The Hall–Kier alpha value is -2.37. The summed E-state index contributed by atoms with van der Waals surface area (Å²) in [6.07, 6.45) is 3.43. The minimum atomic E-state index is -0.770. The number of carbonyl (C=O) groups is 3. The highest BCUT2D eigenvalue weighted by atomic mass is 16.4. The van der Waals surface area contributed by atoms with Crippen molar-refractivity contribution in [1.29, 1.82) is 0 Å². The van der Waals surface area contributed by atoms with E-state index in [0.29, 0.717) is 24.1 Å². The van der Waals surface area contributed by atoms with Crippen LogP contribution in [0.2, 0.25) is 0 Å². The molecular weight excluding hydrogens is 308 g/mol. The van der Waals surface area contributed by atoms with E-state index in [-0.39, 0.29) is 24.3 Å². The molecule has 0 spiro atoms. The lowest BCUT2D eigenvalue weighted by atomic mass is 10.1. The Labute approximate surface area is 142 Å². The molecule has 0 saturated heterocycles. The van der Waals surface area contributed by atoms with Crippen molar-refractivity contribution < 1.29 is 19.5 Å². The molecule has 1 aromatic carbocycles. The number of carboxylic acids is 1. The van der Waals surface area contributed by atoms with Gasteiger partial charge in [0.15, 0.2) is 0 Å². The maximum absolute atomic E-state index is 12.0. The first-order valence-electron chi connectivity index (χ1n) is 8.31. The molecule has 0 fully saturated rings. The standard InChI is InChI=1S/C18H26N2O4/c1-13(2)20-18(24)15-10-8-14(9-11-15)17(23)19-12-6-4-3-5-7-16(21)22/h8-11,13H,3-7,12H2,1-2H3,(H,19,23)(H,20,24)(H,21,22). The molecule has 0 aliphatic heterocycles. The van der Waals surface area contributed by atoms with E-state index in [4.69, 9.17) is 5.11 Å². The number of unbranched alkanes of at least 4 members (excludes halogenated alkanes) is 3. The van der Waals surface area contributed by atoms with Crippen molar-refractivity contribution in [1.82, 2.24) is 10.6 Å². The number of carbonyl (C=O) groups excluding carboxylic acids is 2. The summed E-state index contributed by atoms with van der Waals surface area (Å²) in [5.74, 6) is -1.09. The van der Waals surface area contributed by atoms with Crippen LogP contribution in [0.5, 0.6) is 0 Å². The largest absolute Gasteiger partial charge is 0.481 e. The van der Waals surface area contributed by atoms with Crippen molar-refractivity contribution in [2.24, 2.45) is 0 Å². The predicted octanol–water partition coefficient (Wildman–Crippen LogP) is 2.59. The molecule has 0 aliphatic rings. The third-order valence-corrected chi connectivity index (χ3v) is 3.43. The van der Waals surface area contributed by atoms with Gasteiger partial charge in [0.05, 0.1) is 0 Å². The Balaban J connectivity index is 2.30. The lowest BCUT2D eigenvalue weighted by molar-refractivity contribution is -0.137. The summed E-state index contributed by atoms with van der Waals surface area (Å²) in [6.45, 7) is 4.34. The molecule has 0 atom stereocenters. The molecule has 0 bridgehead atoms. The molecule has 0 aromatic heterocycles. The van der Waals surface area contributed by atoms with Crippen LogP contribution in [0.25, 0.3) is 0 Å². The van der Waals surface area contributed by atoms with Crippen LogP contribution in [0.1, 0.15) is 66.7 Å². The molecule has 0 aliphatic carbocycles. The van der Waals surface area contributed by atoms with E-state index in [2.05, 4.69) is 10.6 Å². The molecule has 6 heteroatoms. The van der Waals surface area contributed by atoms with Gasteiger partial charge in [-0.25, -0.2) is 0 Å². The Kier molecular flexibility index (Phi) is 8.54. The molecular formula is C18H26N2O4. The zero-order chi connectivity index (χ0) is 17.9. The molecule has 0 heterocycles. The van der Waals surface area contributed by atoms with Crippen LogP contribution in [0.3, 0.4) is 0 Å². The molecule has 0 saturated carbocycles. The summed E-state index contributed by atoms with van der Waals surface area (Å²) in [4.78, 5) is 34.2. The average molecular weight is 334 g/mol. The molecule has 2 amide bonds. The number of hydrogen-bond acceptors (Lipinski definition) is 3. The number of benzene rings is 1. The summed E-state index contributed by atoms with van der Waals surface area (Å²) in [5.41, 5.74) is 1.04. The van der Waals surface area contributed by atoms with Crippen LogP contribution in [0.4, 0.5) is 0 Å². The Morgan fingerprint density at radius 3 is 2.00 bits per heavy atom. The van der Waals surface area contributed by atoms with Crippen molar-refractivity contribution >= 4 is 17.8 Å². The van der Waals surface area contributed by atoms with Crippen molar-refractivity contribution in [3.63, 3.8) is 0 Å². The molecule has 0 radical (unpaired) electrons. The quantitative estimate of drug-likeness (QED) is 0.573. The van der Waals surface area contributed by atoms with Crippen LogP contribution in [0, 0.1) is 0 Å². The highest BCUT2D eigenvalue weighted by Crippen LogP contribution is 2.06. The van der Waals surface area contributed by atoms with E-state index < -0.39 is 5.97 Å². The van der Waals surface area contributed by atoms with Crippen LogP contribution >= 0.6 is 0 Å². The van der Waals surface area contributed by atoms with Crippen LogP contribution in [-0.4, -0.2) is 35.5 Å². The summed E-state index contributed by atoms with van der Waals surface area (Å²) in [7, 11) is 0. The maximum atomic E-state index is 12.0. The monoisotopic (exact) mass is 334 g/mol. The summed E-state index contributed by atoms with van der Waals surface area (Å²) < 4.78 is 0. The minimum Gasteiger partial charge on any atom is -0.481 e. The number of nitrogens with one attached hydrogen (secondary N) is 2. The lowest BCUT2D eigenvalue weighted by Gasteiger charge is -2.09. The normalized spacial score (nSPS) is 10.5. The first-order chi connectivity index (χ1) is 11.4. The Bertz CT molecular complexity index is 553. The maximum Gasteiger partial charge on any atom is 0.303 e. The molecule has 1 rings (SSSR count). The van der Waals surface area contributed by atoms with Gasteiger partial charge in [-0.1, -0.05) is 12.8 Å². The van der Waals surface area contributed by atoms with Gasteiger partial charge in [-0.05, 0) is 51.0 Å². The van der Waals surface area contributed by atoms with Crippen molar-refractivity contribution in [3.05, 3.63) is 35.4 Å². The van der Waals surface area contributed by atoms with E-state index in [1.165, 1.54) is 0 Å². The summed E-state index contributed by atoms with van der Waals surface area (Å²) >= 11 is 0. The van der Waals surface area contributed by atoms with Crippen molar-refractivity contribution in [3.8, 4) is 0 Å². The fourth-order valence-corrected chi connectivity index (χ4v) is 2.18. The van der Waals surface area contributed by atoms with Crippen LogP contribution in [0.15, 0.2) is 24.3 Å². The topological polar surface area (TPSA) is 95.5 Å². The van der Waals surface area contributed by atoms with Gasteiger partial charge in [0, 0.05) is 30.1 Å². The Morgan fingerprint density at radius 1 is 0.917 bits per heavy atom. The molecule has 6 nitrogen and oxygen atoms in total. The number of aliphatic carboxylic acids is 1. The third-order valence-electron chi connectivity index (χ3n) is 3.43. The van der Waals surface area contributed by atoms with Gasteiger partial charge in [0.25, 0.3) is 11.8 Å². The van der Waals surface area contributed by atoms with E-state index in [1.807, 2.05) is 13.8 Å². The van der Waals surface area contributed by atoms with Crippen molar-refractivity contribution in [2.45, 2.75) is 52.0 Å². The summed E-state index contributed by atoms with van der Waals surface area (Å²) in [6, 6.07) is 6.61. The molecule has 1 aromatic rings. The zero-order valence-electron chi connectivity index (χ0n) is 14.3. The SMILES string of the molecule is CC(C)NC(=O)c1ccc(C(=O)NCCCCCCC(=O)O)cc1. The van der Waals surface area contributed by atoms with E-state index in [9.17, 15) is 14.4 Å². The highest BCUT2D eigenvalue weighted by Gasteiger charge is 2.09. The minimum absolute atomic E-state index is 0.0657. The molecule has 3 N–H and O–H groups in total. The second kappa shape index (κ2) is 10.4. The van der Waals surface area contributed by atoms with Crippen LogP contribution in [-0.2, 0) is 4.79 Å². The fraction of sp³-hybridized carbons (Fsp3) is 0.500. The average Bonchev–Trinajstić information content (AvgIpc) is 2.53. The second-order valence-corrected chi connectivity index (χ2v) is 6.02. The fourth-order valence-electron chi connectivity index (χ4n) is 2.18. The van der Waals surface area contributed by atoms with Gasteiger partial charge in [-0.3, -0.25) is 14.4 Å². The number of carboxylic acid groups (broad SMARTS) is 1. The molecule has 24 heavy (non-hydrogen) atoms. The molecule has 0 unspecified atom stereocenters. The first kappa shape index (κ1) is 19.7. The van der Waals surface area contributed by atoms with E-state index >= 15 is 0 Å². The van der Waals surface area contributed by atoms with Gasteiger partial charge in [0.1, 0.15) is 0 Å². The van der Waals surface area contributed by atoms with Crippen LogP contribution < -0.4 is 10.6 Å². The van der Waals surface area contributed by atoms with Gasteiger partial charge in [0.2, 0.25) is 0 Å². The number of rotatable bonds is 10. The van der Waals surface area contributed by atoms with Gasteiger partial charge < -0.3 is 15.7 Å². The smallest absolute Gasteiger partial charge is 0.303 e. The Morgan fingerprint density at radius 2 is 1.46 bits per heavy atom. The van der Waals surface area contributed by atoms with E-state index in [0.717, 1.165) is 19.3 Å². The van der Waals surface area contributed by atoms with E-state index in [1.54, 1.807) is 24.3 Å². The van der Waals surface area contributed by atoms with Gasteiger partial charge in [-0.2, -0.15) is 0 Å². The predicted molar refractivity (Wildman–Crippen MR) is 92.1 cm³/mol. The zero-order valence-corrected chi connectivity index (χ0v) is 14.3. The van der Waals surface area contributed by atoms with Crippen molar-refractivity contribution in [2.75, 3.05) is 6.54 Å². The molecule has 132 valence electrons. The third kappa shape index (κ3) is 7.76. The van der Waals surface area contributed by atoms with Gasteiger partial charge in [-0.15, -0.1) is 0 Å². The lowest BCUT2D eigenvalue weighted by Crippen LogP contribution is -2.30.